The Morgan fingerprint density at radius 3 is 2.31 bits per heavy atom. The SMILES string of the molecule is COc1cc(C=Nc2ccc(Oc3ccccc3)cc2)cc(I)c1OCc1cccc2ccccc12. The number of hydrogen-bond donors (Lipinski definition) is 0. The number of para-hydroxylation sites is 1. The third-order valence-electron chi connectivity index (χ3n) is 5.68. The lowest BCUT2D eigenvalue weighted by atomic mass is 10.1. The van der Waals surface area contributed by atoms with E-state index < -0.39 is 0 Å². The molecule has 0 aliphatic heterocycles. The summed E-state index contributed by atoms with van der Waals surface area (Å²) in [5.41, 5.74) is 2.90. The average Bonchev–Trinajstić information content (AvgIpc) is 2.92. The molecule has 178 valence electrons. The van der Waals surface area contributed by atoms with Crippen molar-refractivity contribution in [3.05, 3.63) is 124 Å². The Morgan fingerprint density at radius 2 is 1.50 bits per heavy atom. The van der Waals surface area contributed by atoms with Gasteiger partial charge in [-0.15, -0.1) is 0 Å². The van der Waals surface area contributed by atoms with Gasteiger partial charge in [-0.3, -0.25) is 4.99 Å². The number of halogens is 1. The Morgan fingerprint density at radius 1 is 0.778 bits per heavy atom. The number of methoxy groups -OCH3 is 1. The molecule has 0 bridgehead atoms. The van der Waals surface area contributed by atoms with Gasteiger partial charge in [-0.2, -0.15) is 0 Å². The molecule has 0 aliphatic carbocycles. The summed E-state index contributed by atoms with van der Waals surface area (Å²) in [5.74, 6) is 2.98. The molecular formula is C31H24INO3. The molecule has 0 saturated heterocycles. The first kappa shape index (κ1) is 23.9. The van der Waals surface area contributed by atoms with Crippen LogP contribution in [0.15, 0.2) is 114 Å². The zero-order valence-corrected chi connectivity index (χ0v) is 21.9. The van der Waals surface area contributed by atoms with E-state index in [1.807, 2.05) is 85.1 Å². The Hall–Kier alpha value is -3.84. The molecule has 5 aromatic carbocycles. The summed E-state index contributed by atoms with van der Waals surface area (Å²) in [6.45, 7) is 0.457. The second-order valence-electron chi connectivity index (χ2n) is 8.13. The van der Waals surface area contributed by atoms with E-state index in [0.717, 1.165) is 37.6 Å². The standard InChI is InChI=1S/C31H24INO3/c1-34-30-19-22(20-33-25-14-16-27(17-15-25)36-26-11-3-2-4-12-26)18-29(32)31(30)35-21-24-10-7-9-23-8-5-6-13-28(23)24/h2-20H,21H2,1H3. The van der Waals surface area contributed by atoms with Crippen LogP contribution in [0.1, 0.15) is 11.1 Å². The highest BCUT2D eigenvalue weighted by atomic mass is 127. The van der Waals surface area contributed by atoms with Crippen molar-refractivity contribution in [3.8, 4) is 23.0 Å². The van der Waals surface area contributed by atoms with Crippen molar-refractivity contribution in [1.82, 2.24) is 0 Å². The number of aliphatic imine (C=N–C) groups is 1. The smallest absolute Gasteiger partial charge is 0.174 e. The monoisotopic (exact) mass is 585 g/mol. The maximum Gasteiger partial charge on any atom is 0.174 e. The molecule has 0 heterocycles. The Bertz CT molecular complexity index is 1490. The number of hydrogen-bond acceptors (Lipinski definition) is 4. The van der Waals surface area contributed by atoms with Gasteiger partial charge in [0.1, 0.15) is 18.1 Å². The van der Waals surface area contributed by atoms with Crippen molar-refractivity contribution in [3.63, 3.8) is 0 Å². The van der Waals surface area contributed by atoms with Gasteiger partial charge in [0.25, 0.3) is 0 Å². The lowest BCUT2D eigenvalue weighted by molar-refractivity contribution is 0.283. The van der Waals surface area contributed by atoms with E-state index in [1.165, 1.54) is 10.8 Å². The molecule has 5 rings (SSSR count). The third-order valence-corrected chi connectivity index (χ3v) is 6.48. The molecule has 0 saturated carbocycles. The number of nitrogens with zero attached hydrogens (tertiary/aromatic N) is 1. The van der Waals surface area contributed by atoms with Gasteiger partial charge in [-0.05, 0) is 93.0 Å². The van der Waals surface area contributed by atoms with Crippen molar-refractivity contribution in [2.24, 2.45) is 4.99 Å². The lowest BCUT2D eigenvalue weighted by Crippen LogP contribution is -2.01. The van der Waals surface area contributed by atoms with E-state index in [0.29, 0.717) is 12.4 Å². The summed E-state index contributed by atoms with van der Waals surface area (Å²) in [4.78, 5) is 4.62. The molecule has 0 amide bonds. The fraction of sp³-hybridized carbons (Fsp3) is 0.0645. The second kappa shape index (κ2) is 11.3. The number of ether oxygens (including phenoxy) is 3. The van der Waals surface area contributed by atoms with E-state index in [1.54, 1.807) is 7.11 Å². The quantitative estimate of drug-likeness (QED) is 0.135. The Labute approximate surface area is 224 Å². The summed E-state index contributed by atoms with van der Waals surface area (Å²) >= 11 is 2.28. The van der Waals surface area contributed by atoms with Gasteiger partial charge in [0.15, 0.2) is 11.5 Å². The van der Waals surface area contributed by atoms with Gasteiger partial charge >= 0.3 is 0 Å². The fourth-order valence-corrected chi connectivity index (χ4v) is 4.68. The van der Waals surface area contributed by atoms with Gasteiger partial charge in [0.05, 0.1) is 16.4 Å². The highest BCUT2D eigenvalue weighted by Gasteiger charge is 2.12. The van der Waals surface area contributed by atoms with Crippen LogP contribution in [-0.4, -0.2) is 13.3 Å². The van der Waals surface area contributed by atoms with Crippen LogP contribution in [0.2, 0.25) is 0 Å². The first-order valence-corrected chi connectivity index (χ1v) is 12.6. The van der Waals surface area contributed by atoms with Crippen LogP contribution in [0.3, 0.4) is 0 Å². The molecule has 0 N–H and O–H groups in total. The second-order valence-corrected chi connectivity index (χ2v) is 9.29. The molecule has 0 unspecified atom stereocenters. The largest absolute Gasteiger partial charge is 0.493 e. The molecule has 5 aromatic rings. The molecule has 0 spiro atoms. The summed E-state index contributed by atoms with van der Waals surface area (Å²) in [6, 6.07) is 36.0. The first-order valence-electron chi connectivity index (χ1n) is 11.5. The van der Waals surface area contributed by atoms with Crippen LogP contribution in [0.25, 0.3) is 10.8 Å². The van der Waals surface area contributed by atoms with Crippen LogP contribution in [0.4, 0.5) is 5.69 Å². The Kier molecular flexibility index (Phi) is 7.47. The predicted octanol–water partition coefficient (Wildman–Crippen LogP) is 8.57. The molecule has 36 heavy (non-hydrogen) atoms. The van der Waals surface area contributed by atoms with Gasteiger partial charge in [-0.1, -0.05) is 60.7 Å². The minimum absolute atomic E-state index is 0.457. The topological polar surface area (TPSA) is 40.0 Å². The summed E-state index contributed by atoms with van der Waals surface area (Å²) in [7, 11) is 1.66. The van der Waals surface area contributed by atoms with Crippen LogP contribution in [0, 0.1) is 3.57 Å². The van der Waals surface area contributed by atoms with Crippen molar-refractivity contribution in [2.75, 3.05) is 7.11 Å². The van der Waals surface area contributed by atoms with Crippen molar-refractivity contribution in [2.45, 2.75) is 6.61 Å². The number of benzene rings is 5. The van der Waals surface area contributed by atoms with Gasteiger partial charge in [0, 0.05) is 6.21 Å². The van der Waals surface area contributed by atoms with E-state index in [-0.39, 0.29) is 0 Å². The summed E-state index contributed by atoms with van der Waals surface area (Å²) in [6.07, 6.45) is 1.83. The van der Waals surface area contributed by atoms with Crippen molar-refractivity contribution < 1.29 is 14.2 Å². The van der Waals surface area contributed by atoms with Gasteiger partial charge in [-0.25, -0.2) is 0 Å². The minimum atomic E-state index is 0.457. The van der Waals surface area contributed by atoms with E-state index in [9.17, 15) is 0 Å². The fourth-order valence-electron chi connectivity index (χ4n) is 3.90. The molecule has 4 nitrogen and oxygen atoms in total. The normalized spacial score (nSPS) is 11.1. The van der Waals surface area contributed by atoms with Gasteiger partial charge < -0.3 is 14.2 Å². The van der Waals surface area contributed by atoms with Gasteiger partial charge in [0.2, 0.25) is 0 Å². The summed E-state index contributed by atoms with van der Waals surface area (Å²) < 4.78 is 18.7. The molecule has 0 atom stereocenters. The molecule has 0 radical (unpaired) electrons. The minimum Gasteiger partial charge on any atom is -0.493 e. The maximum absolute atomic E-state index is 6.24. The Balaban J connectivity index is 1.29. The van der Waals surface area contributed by atoms with E-state index in [2.05, 4.69) is 57.9 Å². The van der Waals surface area contributed by atoms with E-state index in [4.69, 9.17) is 14.2 Å². The zero-order chi connectivity index (χ0) is 24.7. The van der Waals surface area contributed by atoms with E-state index >= 15 is 0 Å². The molecule has 0 fully saturated rings. The maximum atomic E-state index is 6.24. The predicted molar refractivity (Wildman–Crippen MR) is 154 cm³/mol. The van der Waals surface area contributed by atoms with Crippen LogP contribution < -0.4 is 14.2 Å². The van der Waals surface area contributed by atoms with Crippen molar-refractivity contribution in [1.29, 1.82) is 0 Å². The van der Waals surface area contributed by atoms with Crippen molar-refractivity contribution >= 4 is 45.3 Å². The van der Waals surface area contributed by atoms with Crippen LogP contribution in [-0.2, 0) is 6.61 Å². The lowest BCUT2D eigenvalue weighted by Gasteiger charge is -2.14. The molecule has 0 aromatic heterocycles. The summed E-state index contributed by atoms with van der Waals surface area (Å²) in [5, 5.41) is 2.39. The number of fused-ring (bicyclic) bond motifs is 1. The molecule has 0 aliphatic rings. The van der Waals surface area contributed by atoms with Crippen LogP contribution >= 0.6 is 22.6 Å². The third kappa shape index (κ3) is 5.69. The first-order chi connectivity index (χ1) is 17.7. The molecule has 5 heteroatoms. The number of rotatable bonds is 8. The highest BCUT2D eigenvalue weighted by Crippen LogP contribution is 2.35. The average molecular weight is 585 g/mol. The zero-order valence-electron chi connectivity index (χ0n) is 19.7. The highest BCUT2D eigenvalue weighted by molar-refractivity contribution is 14.1. The van der Waals surface area contributed by atoms with Crippen LogP contribution in [0.5, 0.6) is 23.0 Å². The molecular weight excluding hydrogens is 561 g/mol.